The van der Waals surface area contributed by atoms with Crippen molar-refractivity contribution >= 4 is 23.5 Å². The van der Waals surface area contributed by atoms with E-state index in [4.69, 9.17) is 23.5 Å². The zero-order chi connectivity index (χ0) is 23.9. The molecule has 2 heterocycles. The van der Waals surface area contributed by atoms with Gasteiger partial charge in [0.15, 0.2) is 17.3 Å². The zero-order valence-corrected chi connectivity index (χ0v) is 18.4. The Balaban J connectivity index is 1.42. The molecular weight excluding hydrogens is 444 g/mol. The van der Waals surface area contributed by atoms with Gasteiger partial charge in [0.05, 0.1) is 42.1 Å². The summed E-state index contributed by atoms with van der Waals surface area (Å²) in [6.07, 6.45) is 1.10. The van der Waals surface area contributed by atoms with E-state index in [2.05, 4.69) is 10.5 Å². The van der Waals surface area contributed by atoms with Gasteiger partial charge in [-0.15, -0.1) is 0 Å². The number of rotatable bonds is 6. The largest absolute Gasteiger partial charge is 0.465 e. The summed E-state index contributed by atoms with van der Waals surface area (Å²) >= 11 is 0. The number of carbonyl (C=O) groups excluding carboxylic acids is 3. The Kier molecular flexibility index (Phi) is 5.20. The first-order valence-corrected chi connectivity index (χ1v) is 10.4. The van der Waals surface area contributed by atoms with Crippen LogP contribution in [0, 0.1) is 0 Å². The number of nitrogens with one attached hydrogen (secondary N) is 1. The number of anilines is 1. The van der Waals surface area contributed by atoms with Crippen molar-refractivity contribution in [3.8, 4) is 22.8 Å². The van der Waals surface area contributed by atoms with Crippen molar-refractivity contribution in [1.82, 2.24) is 5.16 Å². The first kappa shape index (κ1) is 21.5. The van der Waals surface area contributed by atoms with Gasteiger partial charge in [0, 0.05) is 11.6 Å². The van der Waals surface area contributed by atoms with Gasteiger partial charge in [-0.1, -0.05) is 5.16 Å². The Bertz CT molecular complexity index is 1310. The summed E-state index contributed by atoms with van der Waals surface area (Å²) in [5, 5.41) is 6.91. The lowest BCUT2D eigenvalue weighted by Gasteiger charge is -2.15. The molecule has 5 rings (SSSR count). The highest BCUT2D eigenvalue weighted by Crippen LogP contribution is 2.49. The number of esters is 2. The van der Waals surface area contributed by atoms with Crippen molar-refractivity contribution in [2.45, 2.75) is 18.3 Å². The molecule has 0 spiro atoms. The molecule has 1 amide bonds. The molecule has 0 radical (unpaired) electrons. The Labute approximate surface area is 193 Å². The molecule has 2 aliphatic rings. The molecule has 10 nitrogen and oxygen atoms in total. The first-order chi connectivity index (χ1) is 16.4. The first-order valence-electron chi connectivity index (χ1n) is 10.4. The molecule has 0 unspecified atom stereocenters. The lowest BCUT2D eigenvalue weighted by Crippen LogP contribution is -2.29. The van der Waals surface area contributed by atoms with Crippen LogP contribution in [-0.2, 0) is 19.7 Å². The summed E-state index contributed by atoms with van der Waals surface area (Å²) in [5.74, 6) is 0.119. The fourth-order valence-electron chi connectivity index (χ4n) is 3.83. The number of benzene rings is 2. The molecule has 34 heavy (non-hydrogen) atoms. The summed E-state index contributed by atoms with van der Waals surface area (Å²) in [6, 6.07) is 11.3. The van der Waals surface area contributed by atoms with Gasteiger partial charge >= 0.3 is 11.9 Å². The number of hydrogen-bond acceptors (Lipinski definition) is 9. The smallest absolute Gasteiger partial charge is 0.339 e. The second kappa shape index (κ2) is 8.22. The van der Waals surface area contributed by atoms with E-state index in [1.54, 1.807) is 18.2 Å². The van der Waals surface area contributed by atoms with Crippen LogP contribution in [0.3, 0.4) is 0 Å². The molecule has 1 aliphatic carbocycles. The number of methoxy groups -OCH3 is 2. The van der Waals surface area contributed by atoms with Crippen LogP contribution >= 0.6 is 0 Å². The predicted octanol–water partition coefficient (Wildman–Crippen LogP) is 3.31. The molecule has 0 saturated heterocycles. The van der Waals surface area contributed by atoms with Crippen LogP contribution in [0.15, 0.2) is 47.0 Å². The number of nitrogens with zero attached hydrogens (tertiary/aromatic N) is 1. The number of fused-ring (bicyclic) bond motifs is 1. The molecule has 174 valence electrons. The maximum atomic E-state index is 13.3. The van der Waals surface area contributed by atoms with E-state index < -0.39 is 17.4 Å². The van der Waals surface area contributed by atoms with Gasteiger partial charge in [-0.25, -0.2) is 9.59 Å². The molecule has 2 aromatic carbocycles. The van der Waals surface area contributed by atoms with Gasteiger partial charge in [0.1, 0.15) is 0 Å². The fraction of sp³-hybridized carbons (Fsp3) is 0.250. The van der Waals surface area contributed by atoms with E-state index in [0.717, 1.165) is 5.56 Å². The second-order valence-corrected chi connectivity index (χ2v) is 7.92. The van der Waals surface area contributed by atoms with Crippen molar-refractivity contribution in [3.63, 3.8) is 0 Å². The topological polar surface area (TPSA) is 126 Å². The number of amides is 1. The number of aromatic nitrogens is 1. The lowest BCUT2D eigenvalue weighted by molar-refractivity contribution is -0.118. The van der Waals surface area contributed by atoms with E-state index in [1.165, 1.54) is 32.4 Å². The van der Waals surface area contributed by atoms with Crippen molar-refractivity contribution in [3.05, 3.63) is 59.3 Å². The third-order valence-corrected chi connectivity index (χ3v) is 5.94. The molecule has 1 fully saturated rings. The lowest BCUT2D eigenvalue weighted by atomic mass is 9.99. The summed E-state index contributed by atoms with van der Waals surface area (Å²) in [7, 11) is 2.48. The fourth-order valence-corrected chi connectivity index (χ4v) is 3.83. The van der Waals surface area contributed by atoms with Crippen molar-refractivity contribution < 1.29 is 37.9 Å². The molecular formula is C24H20N2O8. The molecule has 10 heteroatoms. The maximum Gasteiger partial charge on any atom is 0.339 e. The van der Waals surface area contributed by atoms with E-state index in [-0.39, 0.29) is 29.5 Å². The Morgan fingerprint density at radius 1 is 0.941 bits per heavy atom. The molecule has 1 saturated carbocycles. The van der Waals surface area contributed by atoms with Crippen LogP contribution in [0.2, 0.25) is 0 Å². The minimum absolute atomic E-state index is 0.112. The number of ether oxygens (including phenoxy) is 4. The highest BCUT2D eigenvalue weighted by molar-refractivity contribution is 6.07. The summed E-state index contributed by atoms with van der Waals surface area (Å²) in [5.41, 5.74) is 0.736. The van der Waals surface area contributed by atoms with Crippen molar-refractivity contribution in [2.75, 3.05) is 26.3 Å². The van der Waals surface area contributed by atoms with Gasteiger partial charge in [0.2, 0.25) is 12.7 Å². The van der Waals surface area contributed by atoms with E-state index >= 15 is 0 Å². The highest BCUT2D eigenvalue weighted by Gasteiger charge is 2.54. The van der Waals surface area contributed by atoms with Gasteiger partial charge in [-0.3, -0.25) is 4.79 Å². The SMILES string of the molecule is COC(=O)c1ccc(C(=O)OC)c(NC(=O)C2(c3cc(-c4ccc5c(c4)OCO5)on3)CC2)c1. The molecule has 0 atom stereocenters. The van der Waals surface area contributed by atoms with Crippen molar-refractivity contribution in [1.29, 1.82) is 0 Å². The predicted molar refractivity (Wildman–Crippen MR) is 117 cm³/mol. The van der Waals surface area contributed by atoms with E-state index in [1.807, 2.05) is 6.07 Å². The van der Waals surface area contributed by atoms with Crippen LogP contribution in [-0.4, -0.2) is 44.0 Å². The van der Waals surface area contributed by atoms with Gasteiger partial charge in [-0.2, -0.15) is 0 Å². The van der Waals surface area contributed by atoms with Crippen LogP contribution in [0.4, 0.5) is 5.69 Å². The standard InChI is InChI=1S/C24H20N2O8/c1-30-21(27)14-3-5-15(22(28)31-2)16(9-14)25-23(29)24(7-8-24)20-11-18(34-26-20)13-4-6-17-19(10-13)33-12-32-17/h3-6,9-11H,7-8,12H2,1-2H3,(H,25,29). The molecule has 1 aliphatic heterocycles. The number of carbonyl (C=O) groups is 3. The molecule has 0 bridgehead atoms. The minimum Gasteiger partial charge on any atom is -0.465 e. The normalized spacial score (nSPS) is 14.9. The monoisotopic (exact) mass is 464 g/mol. The third-order valence-electron chi connectivity index (χ3n) is 5.94. The maximum absolute atomic E-state index is 13.3. The Morgan fingerprint density at radius 2 is 1.71 bits per heavy atom. The molecule has 1 aromatic heterocycles. The van der Waals surface area contributed by atoms with E-state index in [9.17, 15) is 14.4 Å². The summed E-state index contributed by atoms with van der Waals surface area (Å²) in [6.45, 7) is 0.161. The number of hydrogen-bond donors (Lipinski definition) is 1. The van der Waals surface area contributed by atoms with Crippen LogP contribution in [0.5, 0.6) is 11.5 Å². The summed E-state index contributed by atoms with van der Waals surface area (Å²) in [4.78, 5) is 37.5. The molecule has 1 N–H and O–H groups in total. The van der Waals surface area contributed by atoms with Gasteiger partial charge < -0.3 is 28.8 Å². The Morgan fingerprint density at radius 3 is 2.44 bits per heavy atom. The van der Waals surface area contributed by atoms with Crippen molar-refractivity contribution in [2.24, 2.45) is 0 Å². The summed E-state index contributed by atoms with van der Waals surface area (Å²) < 4.78 is 25.8. The zero-order valence-electron chi connectivity index (χ0n) is 18.4. The van der Waals surface area contributed by atoms with Crippen LogP contribution < -0.4 is 14.8 Å². The molecule has 3 aromatic rings. The van der Waals surface area contributed by atoms with Crippen LogP contribution in [0.25, 0.3) is 11.3 Å². The second-order valence-electron chi connectivity index (χ2n) is 7.92. The van der Waals surface area contributed by atoms with Gasteiger partial charge in [0.25, 0.3) is 0 Å². The van der Waals surface area contributed by atoms with Gasteiger partial charge in [-0.05, 0) is 49.2 Å². The van der Waals surface area contributed by atoms with E-state index in [0.29, 0.717) is 35.8 Å². The quantitative estimate of drug-likeness (QED) is 0.547. The minimum atomic E-state index is -0.910. The third kappa shape index (κ3) is 3.62. The average molecular weight is 464 g/mol. The highest BCUT2D eigenvalue weighted by atomic mass is 16.7. The average Bonchev–Trinajstić information content (AvgIpc) is 3.28. The van der Waals surface area contributed by atoms with Crippen LogP contribution in [0.1, 0.15) is 39.3 Å². The Hall–Kier alpha value is -4.34.